The van der Waals surface area contributed by atoms with Crippen molar-refractivity contribution in [3.05, 3.63) is 0 Å². The Balaban J connectivity index is 3.37. The van der Waals surface area contributed by atoms with Crippen LogP contribution in [0.5, 0.6) is 0 Å². The van der Waals surface area contributed by atoms with Crippen LogP contribution in [0.1, 0.15) is 12.8 Å². The second kappa shape index (κ2) is 4.85. The molecule has 0 unspecified atom stereocenters. The summed E-state index contributed by atoms with van der Waals surface area (Å²) in [7, 11) is 0. The highest BCUT2D eigenvalue weighted by Crippen LogP contribution is 1.78. The van der Waals surface area contributed by atoms with Crippen LogP contribution in [0.2, 0.25) is 0 Å². The molecule has 0 aliphatic carbocycles. The summed E-state index contributed by atoms with van der Waals surface area (Å²) < 4.78 is 0. The molecule has 0 fully saturated rings. The van der Waals surface area contributed by atoms with E-state index in [1.807, 2.05) is 5.92 Å². The Morgan fingerprint density at radius 2 is 2.33 bits per heavy atom. The molecule has 9 heavy (non-hydrogen) atoms. The molecule has 0 aromatic heterocycles. The molecule has 0 aliphatic rings. The first-order chi connectivity index (χ1) is 4.27. The zero-order valence-electron chi connectivity index (χ0n) is 4.76. The predicted molar refractivity (Wildman–Crippen MR) is 30.7 cm³/mol. The molecule has 0 rings (SSSR count). The van der Waals surface area contributed by atoms with Crippen molar-refractivity contribution in [2.45, 2.75) is 12.8 Å². The van der Waals surface area contributed by atoms with Crippen molar-refractivity contribution in [1.29, 1.82) is 0 Å². The van der Waals surface area contributed by atoms with Gasteiger partial charge in [-0.25, -0.2) is 4.79 Å². The fraction of sp³-hybridized carbons (Fsp3) is 0.333. The Kier molecular flexibility index (Phi) is 4.15. The topological polar surface area (TPSA) is 54.4 Å². The molecule has 0 spiro atoms. The number of aliphatic carboxylic acids is 1. The molecule has 0 bridgehead atoms. The van der Waals surface area contributed by atoms with Crippen molar-refractivity contribution in [2.24, 2.45) is 0 Å². The van der Waals surface area contributed by atoms with Crippen LogP contribution in [-0.4, -0.2) is 17.4 Å². The molecule has 0 amide bonds. The highest BCUT2D eigenvalue weighted by atomic mass is 16.4. The zero-order chi connectivity index (χ0) is 7.11. The maximum atomic E-state index is 9.70. The second-order valence-corrected chi connectivity index (χ2v) is 1.31. The van der Waals surface area contributed by atoms with Crippen molar-refractivity contribution in [3.8, 4) is 11.8 Å². The maximum absolute atomic E-state index is 9.70. The highest BCUT2D eigenvalue weighted by molar-refractivity contribution is 5.86. The van der Waals surface area contributed by atoms with Gasteiger partial charge in [-0.3, -0.25) is 0 Å². The Bertz CT molecular complexity index is 161. The van der Waals surface area contributed by atoms with Crippen LogP contribution >= 0.6 is 0 Å². The standard InChI is InChI=1S/C6H6O3/c7-5-3-1-2-4-6(8)9/h5H,1,3H2,(H,8,9). The fourth-order valence-electron chi connectivity index (χ4n) is 0.269. The Hall–Kier alpha value is -1.30. The summed E-state index contributed by atoms with van der Waals surface area (Å²) in [6.45, 7) is 0. The molecule has 0 aliphatic heterocycles. The third-order valence-electron chi connectivity index (χ3n) is 0.583. The summed E-state index contributed by atoms with van der Waals surface area (Å²) in [6, 6.07) is 0. The average Bonchev–Trinajstić information content (AvgIpc) is 1.80. The maximum Gasteiger partial charge on any atom is 0.381 e. The third-order valence-corrected chi connectivity index (χ3v) is 0.583. The predicted octanol–water partition coefficient (Wildman–Crippen LogP) is 0.0535. The number of aldehydes is 1. The number of carbonyl (C=O) groups is 2. The van der Waals surface area contributed by atoms with Crippen LogP contribution in [0.25, 0.3) is 0 Å². The molecule has 0 aromatic rings. The smallest absolute Gasteiger partial charge is 0.381 e. The summed E-state index contributed by atoms with van der Waals surface area (Å²) in [5.41, 5.74) is 0. The molecule has 0 aromatic carbocycles. The van der Waals surface area contributed by atoms with Crippen LogP contribution in [-0.2, 0) is 9.59 Å². The van der Waals surface area contributed by atoms with E-state index in [-0.39, 0.29) is 0 Å². The number of carbonyl (C=O) groups excluding carboxylic acids is 1. The molecule has 0 saturated carbocycles. The Labute approximate surface area is 52.7 Å². The van der Waals surface area contributed by atoms with Crippen molar-refractivity contribution < 1.29 is 14.7 Å². The molecular weight excluding hydrogens is 120 g/mol. The lowest BCUT2D eigenvalue weighted by Crippen LogP contribution is -1.86. The van der Waals surface area contributed by atoms with E-state index < -0.39 is 5.97 Å². The van der Waals surface area contributed by atoms with Crippen LogP contribution in [0.3, 0.4) is 0 Å². The second-order valence-electron chi connectivity index (χ2n) is 1.31. The van der Waals surface area contributed by atoms with E-state index in [1.165, 1.54) is 0 Å². The van der Waals surface area contributed by atoms with E-state index in [9.17, 15) is 9.59 Å². The SMILES string of the molecule is O=CCCC#CC(=O)O. The van der Waals surface area contributed by atoms with E-state index >= 15 is 0 Å². The Morgan fingerprint density at radius 1 is 1.67 bits per heavy atom. The Morgan fingerprint density at radius 3 is 2.78 bits per heavy atom. The molecule has 0 saturated heterocycles. The number of carboxylic acid groups (broad SMARTS) is 1. The number of rotatable bonds is 2. The first-order valence-corrected chi connectivity index (χ1v) is 2.43. The van der Waals surface area contributed by atoms with Crippen LogP contribution in [0.15, 0.2) is 0 Å². The van der Waals surface area contributed by atoms with Gasteiger partial charge < -0.3 is 9.90 Å². The lowest BCUT2D eigenvalue weighted by Gasteiger charge is -1.74. The van der Waals surface area contributed by atoms with Gasteiger partial charge in [0.1, 0.15) is 6.29 Å². The summed E-state index contributed by atoms with van der Waals surface area (Å²) in [6.07, 6.45) is 1.34. The van der Waals surface area contributed by atoms with Crippen molar-refractivity contribution in [2.75, 3.05) is 0 Å². The number of carboxylic acids is 1. The minimum atomic E-state index is -1.15. The minimum absolute atomic E-state index is 0.306. The normalized spacial score (nSPS) is 7.11. The number of hydrogen-bond donors (Lipinski definition) is 1. The first kappa shape index (κ1) is 7.70. The number of hydrogen-bond acceptors (Lipinski definition) is 2. The van der Waals surface area contributed by atoms with Crippen LogP contribution in [0.4, 0.5) is 0 Å². The van der Waals surface area contributed by atoms with Gasteiger partial charge >= 0.3 is 5.97 Å². The minimum Gasteiger partial charge on any atom is -0.472 e. The van der Waals surface area contributed by atoms with Crippen molar-refractivity contribution >= 4 is 12.3 Å². The summed E-state index contributed by atoms with van der Waals surface area (Å²) in [5, 5.41) is 7.95. The summed E-state index contributed by atoms with van der Waals surface area (Å²) >= 11 is 0. The van der Waals surface area contributed by atoms with Crippen molar-refractivity contribution in [3.63, 3.8) is 0 Å². The molecule has 0 heterocycles. The van der Waals surface area contributed by atoms with Crippen LogP contribution < -0.4 is 0 Å². The van der Waals surface area contributed by atoms with Gasteiger partial charge in [0, 0.05) is 18.8 Å². The van der Waals surface area contributed by atoms with E-state index in [1.54, 1.807) is 0 Å². The molecule has 3 heteroatoms. The van der Waals surface area contributed by atoms with E-state index in [2.05, 4.69) is 5.92 Å². The lowest BCUT2D eigenvalue weighted by molar-refractivity contribution is -0.130. The van der Waals surface area contributed by atoms with E-state index in [4.69, 9.17) is 5.11 Å². The van der Waals surface area contributed by atoms with Gasteiger partial charge in [-0.15, -0.1) is 0 Å². The summed E-state index contributed by atoms with van der Waals surface area (Å²) in [5.74, 6) is 3.04. The highest BCUT2D eigenvalue weighted by Gasteiger charge is 1.81. The van der Waals surface area contributed by atoms with Gasteiger partial charge in [-0.2, -0.15) is 0 Å². The quantitative estimate of drug-likeness (QED) is 0.323. The van der Waals surface area contributed by atoms with E-state index in [0.717, 1.165) is 0 Å². The zero-order valence-corrected chi connectivity index (χ0v) is 4.76. The first-order valence-electron chi connectivity index (χ1n) is 2.43. The lowest BCUT2D eigenvalue weighted by atomic mass is 10.3. The third kappa shape index (κ3) is 6.70. The molecule has 0 atom stereocenters. The molecule has 1 N–H and O–H groups in total. The van der Waals surface area contributed by atoms with Gasteiger partial charge in [0.05, 0.1) is 0 Å². The average molecular weight is 126 g/mol. The largest absolute Gasteiger partial charge is 0.472 e. The van der Waals surface area contributed by atoms with Crippen LogP contribution in [0, 0.1) is 11.8 Å². The summed E-state index contributed by atoms with van der Waals surface area (Å²) in [4.78, 5) is 19.3. The molecule has 48 valence electrons. The van der Waals surface area contributed by atoms with Gasteiger partial charge in [0.15, 0.2) is 0 Å². The molecule has 3 nitrogen and oxygen atoms in total. The van der Waals surface area contributed by atoms with Gasteiger partial charge in [-0.1, -0.05) is 5.92 Å². The van der Waals surface area contributed by atoms with Gasteiger partial charge in [0.25, 0.3) is 0 Å². The number of unbranched alkanes of at least 4 members (excludes halogenated alkanes) is 1. The van der Waals surface area contributed by atoms with Crippen molar-refractivity contribution in [1.82, 2.24) is 0 Å². The van der Waals surface area contributed by atoms with E-state index in [0.29, 0.717) is 19.1 Å². The fourth-order valence-corrected chi connectivity index (χ4v) is 0.269. The van der Waals surface area contributed by atoms with Gasteiger partial charge in [0.2, 0.25) is 0 Å². The van der Waals surface area contributed by atoms with Gasteiger partial charge in [-0.05, 0) is 0 Å². The monoisotopic (exact) mass is 126 g/mol. The molecular formula is C6H6O3. The molecule has 0 radical (unpaired) electrons.